The molecule has 0 saturated carbocycles. The third-order valence-corrected chi connectivity index (χ3v) is 4.10. The highest BCUT2D eigenvalue weighted by atomic mass is 16.4. The summed E-state index contributed by atoms with van der Waals surface area (Å²) in [7, 11) is 0. The number of hydrogen-bond donors (Lipinski definition) is 2. The number of furan rings is 1. The molecule has 2 fully saturated rings. The maximum Gasteiger partial charge on any atom is 0.372 e. The van der Waals surface area contributed by atoms with E-state index in [0.717, 1.165) is 12.0 Å². The van der Waals surface area contributed by atoms with Crippen molar-refractivity contribution in [2.24, 2.45) is 0 Å². The van der Waals surface area contributed by atoms with E-state index < -0.39 is 5.97 Å². The molecule has 2 N–H and O–H groups in total. The molecule has 0 amide bonds. The first-order valence-electron chi connectivity index (χ1n) is 6.53. The molecule has 0 aliphatic carbocycles. The lowest BCUT2D eigenvalue weighted by molar-refractivity contribution is 0.0660. The van der Waals surface area contributed by atoms with E-state index in [9.17, 15) is 4.79 Å². The molecule has 2 unspecified atom stereocenters. The van der Waals surface area contributed by atoms with Crippen LogP contribution in [0, 0.1) is 0 Å². The molecule has 5 heteroatoms. The number of rotatable bonds is 4. The number of nitrogens with zero attached hydrogens (tertiary/aromatic N) is 1. The van der Waals surface area contributed by atoms with Crippen molar-refractivity contribution in [2.75, 3.05) is 13.1 Å². The van der Waals surface area contributed by atoms with Gasteiger partial charge < -0.3 is 14.8 Å². The topological polar surface area (TPSA) is 65.7 Å². The van der Waals surface area contributed by atoms with Gasteiger partial charge in [-0.05, 0) is 31.9 Å². The SMILES string of the molecule is O=C(O)c1occc1CNC1CCN2CCCC12. The number of hydrogen-bond acceptors (Lipinski definition) is 4. The Morgan fingerprint density at radius 3 is 3.22 bits per heavy atom. The van der Waals surface area contributed by atoms with Crippen LogP contribution in [-0.4, -0.2) is 41.1 Å². The van der Waals surface area contributed by atoms with Crippen molar-refractivity contribution in [1.29, 1.82) is 0 Å². The molecule has 0 aromatic carbocycles. The van der Waals surface area contributed by atoms with Gasteiger partial charge in [-0.1, -0.05) is 0 Å². The fraction of sp³-hybridized carbons (Fsp3) is 0.615. The molecule has 0 radical (unpaired) electrons. The highest BCUT2D eigenvalue weighted by molar-refractivity contribution is 5.86. The summed E-state index contributed by atoms with van der Waals surface area (Å²) in [5, 5.41) is 12.5. The van der Waals surface area contributed by atoms with Crippen LogP contribution in [0.3, 0.4) is 0 Å². The average molecular weight is 250 g/mol. The minimum Gasteiger partial charge on any atom is -0.475 e. The van der Waals surface area contributed by atoms with E-state index in [4.69, 9.17) is 9.52 Å². The second-order valence-corrected chi connectivity index (χ2v) is 5.10. The molecule has 2 saturated heterocycles. The van der Waals surface area contributed by atoms with E-state index in [1.807, 2.05) is 0 Å². The zero-order valence-corrected chi connectivity index (χ0v) is 10.3. The van der Waals surface area contributed by atoms with Crippen LogP contribution < -0.4 is 5.32 Å². The molecule has 2 atom stereocenters. The summed E-state index contributed by atoms with van der Waals surface area (Å²) in [6, 6.07) is 2.87. The van der Waals surface area contributed by atoms with Crippen LogP contribution in [0.15, 0.2) is 16.7 Å². The van der Waals surface area contributed by atoms with Gasteiger partial charge in [-0.15, -0.1) is 0 Å². The number of carboxylic acids is 1. The summed E-state index contributed by atoms with van der Waals surface area (Å²) in [6.07, 6.45) is 5.14. The van der Waals surface area contributed by atoms with E-state index in [0.29, 0.717) is 18.6 Å². The highest BCUT2D eigenvalue weighted by Crippen LogP contribution is 2.28. The van der Waals surface area contributed by atoms with Gasteiger partial charge >= 0.3 is 5.97 Å². The molecule has 98 valence electrons. The predicted octanol–water partition coefficient (Wildman–Crippen LogP) is 1.30. The Hall–Kier alpha value is -1.33. The Morgan fingerprint density at radius 1 is 1.50 bits per heavy atom. The summed E-state index contributed by atoms with van der Waals surface area (Å²) < 4.78 is 4.98. The molecule has 5 nitrogen and oxygen atoms in total. The normalized spacial score (nSPS) is 27.6. The van der Waals surface area contributed by atoms with E-state index in [2.05, 4.69) is 10.2 Å². The number of carbonyl (C=O) groups is 1. The summed E-state index contributed by atoms with van der Waals surface area (Å²) in [5.41, 5.74) is 0.735. The lowest BCUT2D eigenvalue weighted by Gasteiger charge is -2.21. The molecule has 18 heavy (non-hydrogen) atoms. The quantitative estimate of drug-likeness (QED) is 0.843. The van der Waals surface area contributed by atoms with Crippen LogP contribution in [0.4, 0.5) is 0 Å². The number of fused-ring (bicyclic) bond motifs is 1. The van der Waals surface area contributed by atoms with E-state index in [-0.39, 0.29) is 5.76 Å². The van der Waals surface area contributed by atoms with Crippen LogP contribution in [-0.2, 0) is 6.54 Å². The standard InChI is InChI=1S/C13H18N2O3/c16-13(17)12-9(4-7-18-12)8-14-10-3-6-15-5-1-2-11(10)15/h4,7,10-11,14H,1-3,5-6,8H2,(H,16,17). The van der Waals surface area contributed by atoms with Crippen LogP contribution in [0.5, 0.6) is 0 Å². The van der Waals surface area contributed by atoms with Gasteiger partial charge in [0.2, 0.25) is 5.76 Å². The molecular formula is C13H18N2O3. The van der Waals surface area contributed by atoms with Crippen molar-refractivity contribution in [1.82, 2.24) is 10.2 Å². The Balaban J connectivity index is 1.61. The minimum absolute atomic E-state index is 0.0591. The van der Waals surface area contributed by atoms with E-state index in [1.54, 1.807) is 6.07 Å². The number of nitrogens with one attached hydrogen (secondary N) is 1. The Bertz CT molecular complexity index is 443. The summed E-state index contributed by atoms with van der Waals surface area (Å²) >= 11 is 0. The zero-order chi connectivity index (χ0) is 12.5. The molecule has 0 bridgehead atoms. The largest absolute Gasteiger partial charge is 0.475 e. The lowest BCUT2D eigenvalue weighted by Crippen LogP contribution is -2.38. The van der Waals surface area contributed by atoms with Crippen molar-refractivity contribution >= 4 is 5.97 Å². The second kappa shape index (κ2) is 4.74. The Morgan fingerprint density at radius 2 is 2.39 bits per heavy atom. The zero-order valence-electron chi connectivity index (χ0n) is 10.3. The lowest BCUT2D eigenvalue weighted by atomic mass is 10.1. The maximum atomic E-state index is 10.9. The molecule has 3 rings (SSSR count). The molecule has 3 heterocycles. The van der Waals surface area contributed by atoms with Crippen molar-refractivity contribution in [3.63, 3.8) is 0 Å². The molecule has 0 spiro atoms. The first-order chi connectivity index (χ1) is 8.75. The number of carboxylic acid groups (broad SMARTS) is 1. The fourth-order valence-electron chi connectivity index (χ4n) is 3.22. The predicted molar refractivity (Wildman–Crippen MR) is 65.5 cm³/mol. The summed E-state index contributed by atoms with van der Waals surface area (Å²) in [4.78, 5) is 13.5. The molecule has 2 aliphatic rings. The van der Waals surface area contributed by atoms with Crippen LogP contribution in [0.1, 0.15) is 35.4 Å². The molecule has 1 aromatic heterocycles. The van der Waals surface area contributed by atoms with Gasteiger partial charge in [-0.3, -0.25) is 4.90 Å². The monoisotopic (exact) mass is 250 g/mol. The highest BCUT2D eigenvalue weighted by Gasteiger charge is 2.36. The van der Waals surface area contributed by atoms with E-state index in [1.165, 1.54) is 32.2 Å². The molecule has 1 aromatic rings. The van der Waals surface area contributed by atoms with Crippen molar-refractivity contribution in [3.05, 3.63) is 23.7 Å². The minimum atomic E-state index is -0.995. The van der Waals surface area contributed by atoms with Gasteiger partial charge in [0.1, 0.15) is 0 Å². The molecule has 2 aliphatic heterocycles. The van der Waals surface area contributed by atoms with Gasteiger partial charge in [0.25, 0.3) is 0 Å². The van der Waals surface area contributed by atoms with Crippen molar-refractivity contribution < 1.29 is 14.3 Å². The maximum absolute atomic E-state index is 10.9. The van der Waals surface area contributed by atoms with Crippen LogP contribution in [0.25, 0.3) is 0 Å². The Labute approximate surface area is 106 Å². The smallest absolute Gasteiger partial charge is 0.372 e. The third-order valence-electron chi connectivity index (χ3n) is 4.10. The second-order valence-electron chi connectivity index (χ2n) is 5.10. The first-order valence-corrected chi connectivity index (χ1v) is 6.53. The molecular weight excluding hydrogens is 232 g/mol. The first kappa shape index (κ1) is 11.7. The van der Waals surface area contributed by atoms with Gasteiger partial charge in [-0.2, -0.15) is 0 Å². The average Bonchev–Trinajstić information content (AvgIpc) is 3.03. The third kappa shape index (κ3) is 2.04. The summed E-state index contributed by atoms with van der Waals surface area (Å²) in [5.74, 6) is -0.936. The Kier molecular flexibility index (Phi) is 3.09. The van der Waals surface area contributed by atoms with Crippen molar-refractivity contribution in [3.8, 4) is 0 Å². The van der Waals surface area contributed by atoms with Crippen molar-refractivity contribution in [2.45, 2.75) is 37.9 Å². The van der Waals surface area contributed by atoms with Gasteiger partial charge in [0.05, 0.1) is 6.26 Å². The van der Waals surface area contributed by atoms with E-state index >= 15 is 0 Å². The number of aromatic carboxylic acids is 1. The fourth-order valence-corrected chi connectivity index (χ4v) is 3.22. The van der Waals surface area contributed by atoms with Crippen LogP contribution in [0.2, 0.25) is 0 Å². The van der Waals surface area contributed by atoms with Gasteiger partial charge in [-0.25, -0.2) is 4.79 Å². The van der Waals surface area contributed by atoms with Crippen LogP contribution >= 0.6 is 0 Å². The van der Waals surface area contributed by atoms with Gasteiger partial charge in [0, 0.05) is 30.7 Å². The van der Waals surface area contributed by atoms with Gasteiger partial charge in [0.15, 0.2) is 0 Å². The summed E-state index contributed by atoms with van der Waals surface area (Å²) in [6.45, 7) is 2.96.